The lowest BCUT2D eigenvalue weighted by molar-refractivity contribution is -0.347. The number of hydrazine groups is 1. The quantitative estimate of drug-likeness (QED) is 0.719. The van der Waals surface area contributed by atoms with Gasteiger partial charge in [-0.05, 0) is 12.1 Å². The van der Waals surface area contributed by atoms with Crippen molar-refractivity contribution in [2.75, 3.05) is 5.43 Å². The lowest BCUT2D eigenvalue weighted by Gasteiger charge is -2.09. The molecule has 0 bridgehead atoms. The average molecular weight is 192 g/mol. The molecule has 0 aliphatic carbocycles. The van der Waals surface area contributed by atoms with Crippen LogP contribution in [0.5, 0.6) is 0 Å². The van der Waals surface area contributed by atoms with E-state index >= 15 is 0 Å². The molecule has 0 aliphatic heterocycles. The van der Waals surface area contributed by atoms with E-state index in [9.17, 15) is 13.2 Å². The van der Waals surface area contributed by atoms with Crippen LogP contribution in [0.3, 0.4) is 0 Å². The van der Waals surface area contributed by atoms with Gasteiger partial charge < -0.3 is 0 Å². The molecule has 0 radical (unpaired) electrons. The number of anilines is 1. The summed E-state index contributed by atoms with van der Waals surface area (Å²) in [6, 6.07) is 8.28. The average Bonchev–Trinajstić information content (AvgIpc) is 2.04. The normalized spacial score (nSPS) is 11.3. The van der Waals surface area contributed by atoms with Crippen LogP contribution in [0.2, 0.25) is 0 Å². The molecule has 1 aromatic rings. The fourth-order valence-corrected chi connectivity index (χ4v) is 0.664. The zero-order chi connectivity index (χ0) is 9.73. The van der Waals surface area contributed by atoms with Crippen LogP contribution in [0.4, 0.5) is 18.9 Å². The van der Waals surface area contributed by atoms with Gasteiger partial charge in [0.1, 0.15) is 0 Å². The smallest absolute Gasteiger partial charge is 0.299 e. The molecule has 0 fully saturated rings. The first kappa shape index (κ1) is 9.82. The zero-order valence-electron chi connectivity index (χ0n) is 6.43. The van der Waals surface area contributed by atoms with Crippen LogP contribution in [-0.2, 0) is 4.84 Å². The number of rotatable bonds is 3. The number of alkyl halides is 3. The van der Waals surface area contributed by atoms with Gasteiger partial charge in [-0.1, -0.05) is 18.2 Å². The highest BCUT2D eigenvalue weighted by molar-refractivity contribution is 5.40. The molecule has 1 rings (SSSR count). The topological polar surface area (TPSA) is 33.3 Å². The summed E-state index contributed by atoms with van der Waals surface area (Å²) >= 11 is 0. The van der Waals surface area contributed by atoms with E-state index in [1.54, 1.807) is 35.9 Å². The van der Waals surface area contributed by atoms with Gasteiger partial charge in [0.15, 0.2) is 0 Å². The maximum atomic E-state index is 11.4. The first-order chi connectivity index (χ1) is 6.08. The van der Waals surface area contributed by atoms with Crippen LogP contribution < -0.4 is 11.0 Å². The SMILES string of the molecule is FC(F)(F)ONNc1ccccc1. The lowest BCUT2D eigenvalue weighted by Crippen LogP contribution is -2.30. The summed E-state index contributed by atoms with van der Waals surface area (Å²) in [5.41, 5.74) is 4.25. The van der Waals surface area contributed by atoms with E-state index in [1.165, 1.54) is 0 Å². The third kappa shape index (κ3) is 4.34. The molecule has 2 N–H and O–H groups in total. The van der Waals surface area contributed by atoms with E-state index in [0.29, 0.717) is 5.69 Å². The second-order valence-corrected chi connectivity index (χ2v) is 2.14. The maximum absolute atomic E-state index is 11.4. The largest absolute Gasteiger partial charge is 0.540 e. The van der Waals surface area contributed by atoms with E-state index < -0.39 is 6.36 Å². The van der Waals surface area contributed by atoms with E-state index in [0.717, 1.165) is 0 Å². The number of hydrogen-bond acceptors (Lipinski definition) is 3. The van der Waals surface area contributed by atoms with Crippen molar-refractivity contribution in [3.05, 3.63) is 30.3 Å². The van der Waals surface area contributed by atoms with E-state index in [-0.39, 0.29) is 0 Å². The fraction of sp³-hybridized carbons (Fsp3) is 0.143. The molecule has 13 heavy (non-hydrogen) atoms. The Kier molecular flexibility index (Phi) is 3.10. The van der Waals surface area contributed by atoms with Crippen molar-refractivity contribution >= 4 is 5.69 Å². The highest BCUT2D eigenvalue weighted by Crippen LogP contribution is 2.14. The Labute approximate surface area is 72.4 Å². The molecular weight excluding hydrogens is 185 g/mol. The van der Waals surface area contributed by atoms with Gasteiger partial charge >= 0.3 is 6.36 Å². The fourth-order valence-electron chi connectivity index (χ4n) is 0.664. The minimum Gasteiger partial charge on any atom is -0.299 e. The summed E-state index contributed by atoms with van der Waals surface area (Å²) in [6.07, 6.45) is -4.69. The Balaban J connectivity index is 2.29. The highest BCUT2D eigenvalue weighted by atomic mass is 19.4. The first-order valence-corrected chi connectivity index (χ1v) is 3.39. The van der Waals surface area contributed by atoms with Crippen molar-refractivity contribution in [2.45, 2.75) is 6.36 Å². The van der Waals surface area contributed by atoms with Crippen molar-refractivity contribution in [1.29, 1.82) is 0 Å². The van der Waals surface area contributed by atoms with Crippen molar-refractivity contribution in [3.63, 3.8) is 0 Å². The predicted octanol–water partition coefficient (Wildman–Crippen LogP) is 2.05. The number of hydrogen-bond donors (Lipinski definition) is 2. The Bertz CT molecular complexity index is 250. The highest BCUT2D eigenvalue weighted by Gasteiger charge is 2.29. The molecule has 0 amide bonds. The van der Waals surface area contributed by atoms with Crippen LogP contribution in [0.15, 0.2) is 30.3 Å². The summed E-state index contributed by atoms with van der Waals surface area (Å²) in [4.78, 5) is 3.27. The van der Waals surface area contributed by atoms with Crippen molar-refractivity contribution in [3.8, 4) is 0 Å². The van der Waals surface area contributed by atoms with Crippen molar-refractivity contribution in [2.24, 2.45) is 0 Å². The van der Waals surface area contributed by atoms with Crippen LogP contribution in [0.1, 0.15) is 0 Å². The van der Waals surface area contributed by atoms with Gasteiger partial charge in [-0.15, -0.1) is 18.8 Å². The second kappa shape index (κ2) is 4.11. The van der Waals surface area contributed by atoms with Gasteiger partial charge in [0.25, 0.3) is 0 Å². The Hall–Kier alpha value is -1.27. The number of halogens is 3. The molecule has 0 heterocycles. The molecular formula is C7H7F3N2O. The summed E-state index contributed by atoms with van der Waals surface area (Å²) in [5, 5.41) is 0. The standard InChI is InChI=1S/C7H7F3N2O/c8-7(9,10)13-12-11-6-4-2-1-3-5-6/h1-5,11-12H. The predicted molar refractivity (Wildman–Crippen MR) is 40.3 cm³/mol. The molecule has 72 valence electrons. The number of para-hydroxylation sites is 1. The van der Waals surface area contributed by atoms with Gasteiger partial charge in [0.2, 0.25) is 0 Å². The molecule has 0 saturated carbocycles. The number of nitrogens with one attached hydrogen (secondary N) is 2. The van der Waals surface area contributed by atoms with E-state index in [2.05, 4.69) is 10.3 Å². The molecule has 0 spiro atoms. The Morgan fingerprint density at radius 3 is 2.23 bits per heavy atom. The third-order valence-corrected chi connectivity index (χ3v) is 1.14. The van der Waals surface area contributed by atoms with Crippen molar-refractivity contribution < 1.29 is 18.0 Å². The number of benzene rings is 1. The van der Waals surface area contributed by atoms with E-state index in [1.807, 2.05) is 0 Å². The first-order valence-electron chi connectivity index (χ1n) is 3.39. The second-order valence-electron chi connectivity index (χ2n) is 2.14. The van der Waals surface area contributed by atoms with Crippen LogP contribution in [0.25, 0.3) is 0 Å². The summed E-state index contributed by atoms with van der Waals surface area (Å²) in [7, 11) is 0. The molecule has 0 saturated heterocycles. The summed E-state index contributed by atoms with van der Waals surface area (Å²) in [5.74, 6) is 0. The lowest BCUT2D eigenvalue weighted by atomic mass is 10.3. The van der Waals surface area contributed by atoms with Crippen LogP contribution in [-0.4, -0.2) is 6.36 Å². The van der Waals surface area contributed by atoms with Gasteiger partial charge in [-0.25, -0.2) is 0 Å². The molecule has 0 atom stereocenters. The minimum atomic E-state index is -4.69. The van der Waals surface area contributed by atoms with Crippen LogP contribution in [0, 0.1) is 0 Å². The zero-order valence-corrected chi connectivity index (χ0v) is 6.43. The molecule has 0 unspecified atom stereocenters. The Morgan fingerprint density at radius 2 is 1.69 bits per heavy atom. The molecule has 3 nitrogen and oxygen atoms in total. The molecule has 1 aromatic carbocycles. The van der Waals surface area contributed by atoms with Gasteiger partial charge in [0.05, 0.1) is 5.69 Å². The van der Waals surface area contributed by atoms with E-state index in [4.69, 9.17) is 0 Å². The van der Waals surface area contributed by atoms with Gasteiger partial charge in [0, 0.05) is 0 Å². The molecule has 0 aromatic heterocycles. The maximum Gasteiger partial charge on any atom is 0.540 e. The third-order valence-electron chi connectivity index (χ3n) is 1.14. The van der Waals surface area contributed by atoms with Gasteiger partial charge in [-0.3, -0.25) is 5.43 Å². The summed E-state index contributed by atoms with van der Waals surface area (Å²) in [6.45, 7) is 0. The van der Waals surface area contributed by atoms with Crippen molar-refractivity contribution in [1.82, 2.24) is 5.59 Å². The van der Waals surface area contributed by atoms with Gasteiger partial charge in [-0.2, -0.15) is 4.84 Å². The molecule has 6 heteroatoms. The van der Waals surface area contributed by atoms with Crippen LogP contribution >= 0.6 is 0 Å². The monoisotopic (exact) mass is 192 g/mol. The molecule has 0 aliphatic rings. The minimum absolute atomic E-state index is 0.478. The Morgan fingerprint density at radius 1 is 1.08 bits per heavy atom. The summed E-state index contributed by atoms with van der Waals surface area (Å²) < 4.78 is 34.3.